The first-order valence-electron chi connectivity index (χ1n) is 6.35. The number of pyridine rings is 1. The zero-order chi connectivity index (χ0) is 12.1. The van der Waals surface area contributed by atoms with Gasteiger partial charge in [-0.05, 0) is 36.6 Å². The van der Waals surface area contributed by atoms with Gasteiger partial charge < -0.3 is 0 Å². The number of hydrogen-bond acceptors (Lipinski definition) is 4. The van der Waals surface area contributed by atoms with E-state index < -0.39 is 0 Å². The highest BCUT2D eigenvalue weighted by Crippen LogP contribution is 2.29. The Morgan fingerprint density at radius 1 is 1.59 bits per heavy atom. The molecule has 17 heavy (non-hydrogen) atoms. The molecule has 0 saturated carbocycles. The Hall–Kier alpha value is -0.580. The smallest absolute Gasteiger partial charge is 0.0420 e. The Kier molecular flexibility index (Phi) is 4.83. The third kappa shape index (κ3) is 3.44. The number of aromatic nitrogens is 1. The fraction of sp³-hybridized carbons (Fsp3) is 0.615. The molecule has 1 fully saturated rings. The zero-order valence-electron chi connectivity index (χ0n) is 10.4. The third-order valence-corrected chi connectivity index (χ3v) is 4.87. The average Bonchev–Trinajstić information content (AvgIpc) is 2.90. The Balaban J connectivity index is 1.96. The molecule has 0 aromatic carbocycles. The highest BCUT2D eigenvalue weighted by molar-refractivity contribution is 8.00. The molecule has 0 bridgehead atoms. The molecular formula is C13H21N3S. The van der Waals surface area contributed by atoms with Crippen LogP contribution in [0.5, 0.6) is 0 Å². The average molecular weight is 251 g/mol. The number of nitrogens with two attached hydrogens (primary N) is 1. The van der Waals surface area contributed by atoms with Crippen molar-refractivity contribution in [2.24, 2.45) is 5.84 Å². The van der Waals surface area contributed by atoms with E-state index in [9.17, 15) is 0 Å². The van der Waals surface area contributed by atoms with Crippen molar-refractivity contribution in [2.45, 2.75) is 43.9 Å². The van der Waals surface area contributed by atoms with E-state index in [1.165, 1.54) is 24.2 Å². The van der Waals surface area contributed by atoms with E-state index in [-0.39, 0.29) is 0 Å². The number of aryl methyl sites for hydroxylation is 1. The van der Waals surface area contributed by atoms with Gasteiger partial charge in [-0.2, -0.15) is 11.8 Å². The van der Waals surface area contributed by atoms with E-state index in [1.807, 2.05) is 18.0 Å². The van der Waals surface area contributed by atoms with Crippen molar-refractivity contribution < 1.29 is 0 Å². The van der Waals surface area contributed by atoms with Crippen LogP contribution >= 0.6 is 11.8 Å². The molecular weight excluding hydrogens is 230 g/mol. The van der Waals surface area contributed by atoms with E-state index >= 15 is 0 Å². The van der Waals surface area contributed by atoms with E-state index in [2.05, 4.69) is 29.5 Å². The molecule has 3 nitrogen and oxygen atoms in total. The molecule has 94 valence electrons. The van der Waals surface area contributed by atoms with Crippen LogP contribution in [0.15, 0.2) is 18.3 Å². The Labute approximate surface area is 108 Å². The van der Waals surface area contributed by atoms with Gasteiger partial charge in [0.2, 0.25) is 0 Å². The maximum absolute atomic E-state index is 5.67. The minimum Gasteiger partial charge on any atom is -0.271 e. The first kappa shape index (κ1) is 12.9. The number of hydrogen-bond donors (Lipinski definition) is 2. The van der Waals surface area contributed by atoms with Gasteiger partial charge in [-0.3, -0.25) is 16.3 Å². The number of nitrogens with one attached hydrogen (secondary N) is 1. The van der Waals surface area contributed by atoms with Crippen LogP contribution in [0.4, 0.5) is 0 Å². The molecule has 2 heterocycles. The van der Waals surface area contributed by atoms with Crippen LogP contribution in [0, 0.1) is 0 Å². The summed E-state index contributed by atoms with van der Waals surface area (Å²) in [7, 11) is 0. The van der Waals surface area contributed by atoms with Gasteiger partial charge in [0.15, 0.2) is 0 Å². The molecule has 0 radical (unpaired) electrons. The maximum atomic E-state index is 5.67. The van der Waals surface area contributed by atoms with Crippen LogP contribution < -0.4 is 11.3 Å². The molecule has 4 heteroatoms. The van der Waals surface area contributed by atoms with Crippen LogP contribution in [0.2, 0.25) is 0 Å². The summed E-state index contributed by atoms with van der Waals surface area (Å²) in [4.78, 5) is 4.50. The number of rotatable bonds is 5. The fourth-order valence-electron chi connectivity index (χ4n) is 2.23. The first-order valence-corrected chi connectivity index (χ1v) is 7.40. The van der Waals surface area contributed by atoms with Crippen molar-refractivity contribution in [1.82, 2.24) is 10.4 Å². The van der Waals surface area contributed by atoms with Crippen molar-refractivity contribution >= 4 is 11.8 Å². The summed E-state index contributed by atoms with van der Waals surface area (Å²) in [6, 6.07) is 4.64. The second-order valence-corrected chi connectivity index (χ2v) is 5.89. The lowest BCUT2D eigenvalue weighted by Gasteiger charge is -2.21. The molecule has 2 rings (SSSR count). The summed E-state index contributed by atoms with van der Waals surface area (Å²) >= 11 is 2.03. The number of nitrogens with zero attached hydrogens (tertiary/aromatic N) is 1. The lowest BCUT2D eigenvalue weighted by atomic mass is 10.0. The van der Waals surface area contributed by atoms with Crippen LogP contribution in [0.3, 0.4) is 0 Å². The predicted molar refractivity (Wildman–Crippen MR) is 73.9 cm³/mol. The van der Waals surface area contributed by atoms with Gasteiger partial charge in [-0.1, -0.05) is 13.0 Å². The second kappa shape index (κ2) is 6.38. The molecule has 1 aromatic heterocycles. The monoisotopic (exact) mass is 251 g/mol. The van der Waals surface area contributed by atoms with Crippen molar-refractivity contribution in [2.75, 3.05) is 5.75 Å². The van der Waals surface area contributed by atoms with Crippen LogP contribution in [-0.4, -0.2) is 22.0 Å². The van der Waals surface area contributed by atoms with Gasteiger partial charge in [0.25, 0.3) is 0 Å². The van der Waals surface area contributed by atoms with Gasteiger partial charge in [-0.15, -0.1) is 0 Å². The largest absolute Gasteiger partial charge is 0.271 e. The Morgan fingerprint density at radius 2 is 2.47 bits per heavy atom. The summed E-state index contributed by atoms with van der Waals surface area (Å²) in [6.45, 7) is 2.15. The lowest BCUT2D eigenvalue weighted by Crippen LogP contribution is -2.43. The van der Waals surface area contributed by atoms with E-state index in [4.69, 9.17) is 5.84 Å². The minimum absolute atomic E-state index is 0.350. The van der Waals surface area contributed by atoms with E-state index in [0.717, 1.165) is 18.5 Å². The molecule has 0 spiro atoms. The van der Waals surface area contributed by atoms with E-state index in [0.29, 0.717) is 11.3 Å². The van der Waals surface area contributed by atoms with Crippen molar-refractivity contribution in [3.05, 3.63) is 29.6 Å². The third-order valence-electron chi connectivity index (χ3n) is 3.35. The number of thioether (sulfide) groups is 1. The highest BCUT2D eigenvalue weighted by Gasteiger charge is 2.25. The second-order valence-electron chi connectivity index (χ2n) is 4.54. The van der Waals surface area contributed by atoms with Gasteiger partial charge in [0, 0.05) is 29.6 Å². The normalized spacial score (nSPS) is 21.6. The first-order chi connectivity index (χ1) is 8.33. The summed E-state index contributed by atoms with van der Waals surface area (Å²) in [5.74, 6) is 6.93. The zero-order valence-corrected chi connectivity index (χ0v) is 11.2. The molecule has 2 unspecified atom stereocenters. The summed E-state index contributed by atoms with van der Waals surface area (Å²) in [5.41, 5.74) is 5.39. The lowest BCUT2D eigenvalue weighted by molar-refractivity contribution is 0.491. The Bertz CT molecular complexity index is 333. The number of hydrazine groups is 1. The quantitative estimate of drug-likeness (QED) is 0.620. The van der Waals surface area contributed by atoms with Gasteiger partial charge in [-0.25, -0.2) is 0 Å². The van der Waals surface area contributed by atoms with Gasteiger partial charge in [0.1, 0.15) is 0 Å². The molecule has 1 aromatic rings. The highest BCUT2D eigenvalue weighted by atomic mass is 32.2. The molecule has 3 N–H and O–H groups in total. The molecule has 1 saturated heterocycles. The molecule has 0 aliphatic carbocycles. The van der Waals surface area contributed by atoms with Crippen LogP contribution in [0.1, 0.15) is 31.0 Å². The molecule has 1 aliphatic heterocycles. The summed E-state index contributed by atoms with van der Waals surface area (Å²) in [6.07, 6.45) is 6.54. The molecule has 0 amide bonds. The molecule has 1 aliphatic rings. The predicted octanol–water partition coefficient (Wildman–Crippen LogP) is 1.91. The minimum atomic E-state index is 0.350. The summed E-state index contributed by atoms with van der Waals surface area (Å²) < 4.78 is 0. The summed E-state index contributed by atoms with van der Waals surface area (Å²) in [5, 5.41) is 0.646. The standard InChI is InChI=1S/C13H21N3S/c1-2-10-5-6-11(15-9-10)8-12(16-14)13-4-3-7-17-13/h5-6,9,12-13,16H,2-4,7-8,14H2,1H3. The Morgan fingerprint density at radius 3 is 3.00 bits per heavy atom. The maximum Gasteiger partial charge on any atom is 0.0420 e. The van der Waals surface area contributed by atoms with Crippen molar-refractivity contribution in [3.63, 3.8) is 0 Å². The van der Waals surface area contributed by atoms with Crippen LogP contribution in [0.25, 0.3) is 0 Å². The van der Waals surface area contributed by atoms with Crippen molar-refractivity contribution in [3.8, 4) is 0 Å². The topological polar surface area (TPSA) is 50.9 Å². The van der Waals surface area contributed by atoms with Crippen LogP contribution in [-0.2, 0) is 12.8 Å². The van der Waals surface area contributed by atoms with Gasteiger partial charge >= 0.3 is 0 Å². The molecule has 2 atom stereocenters. The van der Waals surface area contributed by atoms with Gasteiger partial charge in [0.05, 0.1) is 0 Å². The SMILES string of the molecule is CCc1ccc(CC(NN)C2CCCS2)nc1. The fourth-order valence-corrected chi connectivity index (χ4v) is 3.60. The van der Waals surface area contributed by atoms with Crippen molar-refractivity contribution in [1.29, 1.82) is 0 Å². The van der Waals surface area contributed by atoms with E-state index in [1.54, 1.807) is 0 Å².